The van der Waals surface area contributed by atoms with Gasteiger partial charge in [0.2, 0.25) is 11.8 Å². The first-order valence-electron chi connectivity index (χ1n) is 11.7. The number of likely N-dealkylation sites (tertiary alicyclic amines) is 2. The summed E-state index contributed by atoms with van der Waals surface area (Å²) in [7, 11) is 0. The van der Waals surface area contributed by atoms with Crippen LogP contribution >= 0.6 is 11.6 Å². The quantitative estimate of drug-likeness (QED) is 0.613. The van der Waals surface area contributed by atoms with Crippen molar-refractivity contribution >= 4 is 23.4 Å². The van der Waals surface area contributed by atoms with Crippen molar-refractivity contribution in [2.24, 2.45) is 5.92 Å². The van der Waals surface area contributed by atoms with Gasteiger partial charge in [-0.3, -0.25) is 14.5 Å². The number of benzene rings is 2. The molecule has 170 valence electrons. The Morgan fingerprint density at radius 1 is 1.06 bits per heavy atom. The Bertz CT molecular complexity index is 920. The highest BCUT2D eigenvalue weighted by molar-refractivity contribution is 6.31. The van der Waals surface area contributed by atoms with Crippen molar-refractivity contribution in [1.82, 2.24) is 15.1 Å². The molecule has 2 saturated heterocycles. The van der Waals surface area contributed by atoms with Gasteiger partial charge in [-0.05, 0) is 42.4 Å². The van der Waals surface area contributed by atoms with E-state index in [4.69, 9.17) is 11.6 Å². The molecule has 32 heavy (non-hydrogen) atoms. The molecule has 0 radical (unpaired) electrons. The molecule has 2 aromatic carbocycles. The Balaban J connectivity index is 1.37. The zero-order valence-electron chi connectivity index (χ0n) is 18.5. The van der Waals surface area contributed by atoms with Crippen molar-refractivity contribution in [3.63, 3.8) is 0 Å². The first kappa shape index (κ1) is 22.8. The molecule has 6 heteroatoms. The second-order valence-electron chi connectivity index (χ2n) is 8.95. The highest BCUT2D eigenvalue weighted by Crippen LogP contribution is 2.32. The summed E-state index contributed by atoms with van der Waals surface area (Å²) < 4.78 is 0. The monoisotopic (exact) mass is 453 g/mol. The molecule has 4 rings (SSSR count). The van der Waals surface area contributed by atoms with E-state index in [9.17, 15) is 9.59 Å². The molecule has 2 fully saturated rings. The maximum absolute atomic E-state index is 13.1. The molecule has 2 aliphatic rings. The number of carbonyl (C=O) groups excluding carboxylic acids is 2. The minimum Gasteiger partial charge on any atom is -0.356 e. The van der Waals surface area contributed by atoms with Gasteiger partial charge in [-0.1, -0.05) is 60.1 Å². The fourth-order valence-electron chi connectivity index (χ4n) is 4.91. The lowest BCUT2D eigenvalue weighted by molar-refractivity contribution is -0.127. The van der Waals surface area contributed by atoms with E-state index >= 15 is 0 Å². The number of nitrogens with one attached hydrogen (secondary N) is 1. The molecular weight excluding hydrogens is 422 g/mol. The number of nitrogens with zero attached hydrogens (tertiary/aromatic N) is 2. The van der Waals surface area contributed by atoms with E-state index in [1.54, 1.807) is 0 Å². The van der Waals surface area contributed by atoms with Crippen molar-refractivity contribution in [2.75, 3.05) is 32.7 Å². The number of hydrogen-bond donors (Lipinski definition) is 1. The molecule has 2 atom stereocenters. The number of halogens is 1. The van der Waals surface area contributed by atoms with Crippen LogP contribution in [0.1, 0.15) is 42.7 Å². The standard InChI is InChI=1S/C26H32ClN3O2/c27-24-11-5-4-10-21(24)17-29-18-22(20-8-2-1-3-9-20)16-23(19-29)26(32)28-13-7-15-30-14-6-12-25(30)31/h1-5,8-11,22-23H,6-7,12-19H2,(H,28,32). The SMILES string of the molecule is O=C(NCCCN1CCCC1=O)C1CC(c2ccccc2)CN(Cc2ccccc2Cl)C1. The summed E-state index contributed by atoms with van der Waals surface area (Å²) in [6.07, 6.45) is 3.26. The van der Waals surface area contributed by atoms with E-state index in [1.807, 2.05) is 29.2 Å². The fourth-order valence-corrected chi connectivity index (χ4v) is 5.11. The third kappa shape index (κ3) is 5.90. The molecule has 0 aromatic heterocycles. The largest absolute Gasteiger partial charge is 0.356 e. The van der Waals surface area contributed by atoms with Crippen molar-refractivity contribution in [2.45, 2.75) is 38.1 Å². The third-order valence-corrected chi connectivity index (χ3v) is 6.96. The number of carbonyl (C=O) groups is 2. The van der Waals surface area contributed by atoms with Crippen LogP contribution in [0, 0.1) is 5.92 Å². The van der Waals surface area contributed by atoms with E-state index < -0.39 is 0 Å². The first-order valence-corrected chi connectivity index (χ1v) is 12.0. The zero-order chi connectivity index (χ0) is 22.3. The van der Waals surface area contributed by atoms with E-state index in [2.05, 4.69) is 40.5 Å². The summed E-state index contributed by atoms with van der Waals surface area (Å²) >= 11 is 6.41. The average molecular weight is 454 g/mol. The molecule has 2 aliphatic heterocycles. The Morgan fingerprint density at radius 2 is 1.84 bits per heavy atom. The lowest BCUT2D eigenvalue weighted by Crippen LogP contribution is -2.45. The molecule has 5 nitrogen and oxygen atoms in total. The van der Waals surface area contributed by atoms with Crippen LogP contribution in [-0.4, -0.2) is 54.3 Å². The highest BCUT2D eigenvalue weighted by atomic mass is 35.5. The minimum atomic E-state index is -0.0649. The van der Waals surface area contributed by atoms with E-state index in [-0.39, 0.29) is 17.7 Å². The molecule has 2 aromatic rings. The lowest BCUT2D eigenvalue weighted by Gasteiger charge is -2.37. The molecular formula is C26H32ClN3O2. The molecule has 0 bridgehead atoms. The third-order valence-electron chi connectivity index (χ3n) is 6.60. The normalized spacial score (nSPS) is 21.7. The second-order valence-corrected chi connectivity index (χ2v) is 9.36. The Kier molecular flexibility index (Phi) is 7.82. The van der Waals surface area contributed by atoms with Gasteiger partial charge in [0.05, 0.1) is 5.92 Å². The molecule has 2 amide bonds. The van der Waals surface area contributed by atoms with E-state index in [0.29, 0.717) is 18.9 Å². The van der Waals surface area contributed by atoms with Crippen molar-refractivity contribution in [3.8, 4) is 0 Å². The smallest absolute Gasteiger partial charge is 0.224 e. The van der Waals surface area contributed by atoms with E-state index in [1.165, 1.54) is 5.56 Å². The Labute approximate surface area is 195 Å². The van der Waals surface area contributed by atoms with E-state index in [0.717, 1.165) is 62.6 Å². The fraction of sp³-hybridized carbons (Fsp3) is 0.462. The average Bonchev–Trinajstić information content (AvgIpc) is 3.23. The van der Waals surface area contributed by atoms with Gasteiger partial charge < -0.3 is 10.2 Å². The number of hydrogen-bond acceptors (Lipinski definition) is 3. The van der Waals surface area contributed by atoms with Crippen LogP contribution in [-0.2, 0) is 16.1 Å². The lowest BCUT2D eigenvalue weighted by atomic mass is 9.84. The molecule has 0 aliphatic carbocycles. The predicted octanol–water partition coefficient (Wildman–Crippen LogP) is 4.07. The summed E-state index contributed by atoms with van der Waals surface area (Å²) in [4.78, 5) is 29.1. The summed E-state index contributed by atoms with van der Waals surface area (Å²) in [6.45, 7) is 4.57. The maximum Gasteiger partial charge on any atom is 0.224 e. The number of amides is 2. The van der Waals surface area contributed by atoms with Crippen LogP contribution in [0.4, 0.5) is 0 Å². The predicted molar refractivity (Wildman–Crippen MR) is 127 cm³/mol. The van der Waals surface area contributed by atoms with Gasteiger partial charge in [0.1, 0.15) is 0 Å². The summed E-state index contributed by atoms with van der Waals surface area (Å²) in [5, 5.41) is 3.90. The summed E-state index contributed by atoms with van der Waals surface area (Å²) in [5.74, 6) is 0.599. The topological polar surface area (TPSA) is 52.7 Å². The number of piperidine rings is 1. The minimum absolute atomic E-state index is 0.0649. The number of rotatable bonds is 8. The van der Waals surface area contributed by atoms with Gasteiger partial charge >= 0.3 is 0 Å². The van der Waals surface area contributed by atoms with Crippen molar-refractivity contribution in [3.05, 3.63) is 70.7 Å². The maximum atomic E-state index is 13.1. The molecule has 2 heterocycles. The molecule has 0 saturated carbocycles. The summed E-state index contributed by atoms with van der Waals surface area (Å²) in [6, 6.07) is 18.4. The van der Waals surface area contributed by atoms with Crippen LogP contribution in [0.25, 0.3) is 0 Å². The van der Waals surface area contributed by atoms with Gasteiger partial charge in [0.15, 0.2) is 0 Å². The second kappa shape index (κ2) is 11.0. The molecule has 2 unspecified atom stereocenters. The summed E-state index contributed by atoms with van der Waals surface area (Å²) in [5.41, 5.74) is 2.37. The van der Waals surface area contributed by atoms with Gasteiger partial charge in [0, 0.05) is 50.7 Å². The Morgan fingerprint density at radius 3 is 2.59 bits per heavy atom. The molecule has 0 spiro atoms. The Hall–Kier alpha value is -2.37. The van der Waals surface area contributed by atoms with Gasteiger partial charge in [-0.2, -0.15) is 0 Å². The van der Waals surface area contributed by atoms with Crippen LogP contribution < -0.4 is 5.32 Å². The molecule has 1 N–H and O–H groups in total. The van der Waals surface area contributed by atoms with Crippen molar-refractivity contribution in [1.29, 1.82) is 0 Å². The van der Waals surface area contributed by atoms with Crippen LogP contribution in [0.15, 0.2) is 54.6 Å². The van der Waals surface area contributed by atoms with Gasteiger partial charge in [-0.25, -0.2) is 0 Å². The van der Waals surface area contributed by atoms with Crippen LogP contribution in [0.3, 0.4) is 0 Å². The highest BCUT2D eigenvalue weighted by Gasteiger charge is 2.32. The van der Waals surface area contributed by atoms with Crippen LogP contribution in [0.2, 0.25) is 5.02 Å². The first-order chi connectivity index (χ1) is 15.6. The van der Waals surface area contributed by atoms with Gasteiger partial charge in [0.25, 0.3) is 0 Å². The van der Waals surface area contributed by atoms with Gasteiger partial charge in [-0.15, -0.1) is 0 Å². The van der Waals surface area contributed by atoms with Crippen molar-refractivity contribution < 1.29 is 9.59 Å². The van der Waals surface area contributed by atoms with Crippen LogP contribution in [0.5, 0.6) is 0 Å². The zero-order valence-corrected chi connectivity index (χ0v) is 19.3.